The number of methoxy groups -OCH3 is 1. The molecule has 0 fully saturated rings. The Morgan fingerprint density at radius 3 is 2.31 bits per heavy atom. The lowest BCUT2D eigenvalue weighted by atomic mass is 10.1. The Kier molecular flexibility index (Phi) is 8.35. The summed E-state index contributed by atoms with van der Waals surface area (Å²) in [6, 6.07) is 11.8. The summed E-state index contributed by atoms with van der Waals surface area (Å²) in [5.41, 5.74) is 4.87. The summed E-state index contributed by atoms with van der Waals surface area (Å²) in [7, 11) is 1.46. The molecule has 0 spiro atoms. The van der Waals surface area contributed by atoms with Gasteiger partial charge in [0.05, 0.1) is 18.2 Å². The van der Waals surface area contributed by atoms with Crippen molar-refractivity contribution < 1.29 is 24.2 Å². The van der Waals surface area contributed by atoms with Gasteiger partial charge in [-0.1, -0.05) is 24.3 Å². The second kappa shape index (κ2) is 11.0. The molecule has 0 saturated heterocycles. The zero-order chi connectivity index (χ0) is 21.2. The first-order chi connectivity index (χ1) is 14.0. The maximum Gasteiger partial charge on any atom is 0.273 e. The quantitative estimate of drug-likeness (QED) is 0.486. The molecule has 2 rings (SSSR count). The number of ether oxygens (including phenoxy) is 1. The average Bonchev–Trinajstić information content (AvgIpc) is 2.74. The van der Waals surface area contributed by atoms with E-state index in [1.807, 2.05) is 6.26 Å². The molecular weight excluding hydrogens is 394 g/mol. The minimum Gasteiger partial charge on any atom is -0.507 e. The molecule has 1 atom stereocenters. The first-order valence-electron chi connectivity index (χ1n) is 8.79. The van der Waals surface area contributed by atoms with Gasteiger partial charge in [-0.15, -0.1) is 0 Å². The highest BCUT2D eigenvalue weighted by atomic mass is 32.2. The minimum absolute atomic E-state index is 0.0199. The van der Waals surface area contributed by atoms with Crippen LogP contribution >= 0.6 is 11.8 Å². The van der Waals surface area contributed by atoms with Crippen molar-refractivity contribution >= 4 is 29.5 Å². The molecule has 0 aliphatic rings. The van der Waals surface area contributed by atoms with Crippen LogP contribution in [0, 0.1) is 0 Å². The van der Waals surface area contributed by atoms with E-state index in [0.717, 1.165) is 0 Å². The van der Waals surface area contributed by atoms with Crippen molar-refractivity contribution in [2.24, 2.45) is 0 Å². The highest BCUT2D eigenvalue weighted by molar-refractivity contribution is 7.98. The monoisotopic (exact) mass is 417 g/mol. The SMILES string of the molecule is COc1ccccc1C(=O)N[C@H](CCSC)C(=O)NNC(=O)c1ccccc1O. The molecule has 0 saturated carbocycles. The van der Waals surface area contributed by atoms with Crippen LogP contribution in [-0.4, -0.2) is 48.0 Å². The number of hydrazine groups is 1. The Labute approximate surface area is 173 Å². The third kappa shape index (κ3) is 6.15. The summed E-state index contributed by atoms with van der Waals surface area (Å²) in [4.78, 5) is 37.3. The van der Waals surface area contributed by atoms with Gasteiger partial charge in [-0.05, 0) is 42.7 Å². The van der Waals surface area contributed by atoms with E-state index in [0.29, 0.717) is 23.5 Å². The number of carbonyl (C=O) groups is 3. The van der Waals surface area contributed by atoms with Crippen molar-refractivity contribution in [3.8, 4) is 11.5 Å². The summed E-state index contributed by atoms with van der Waals surface area (Å²) in [5.74, 6) is -0.903. The molecule has 8 nitrogen and oxygen atoms in total. The van der Waals surface area contributed by atoms with Gasteiger partial charge in [0.15, 0.2) is 0 Å². The number of benzene rings is 2. The number of thioether (sulfide) groups is 1. The molecule has 154 valence electrons. The number of para-hydroxylation sites is 2. The van der Waals surface area contributed by atoms with E-state index in [1.54, 1.807) is 36.4 Å². The van der Waals surface area contributed by atoms with Gasteiger partial charge in [-0.25, -0.2) is 0 Å². The molecule has 0 aliphatic heterocycles. The zero-order valence-electron chi connectivity index (χ0n) is 16.1. The van der Waals surface area contributed by atoms with Crippen molar-refractivity contribution in [1.82, 2.24) is 16.2 Å². The van der Waals surface area contributed by atoms with Crippen LogP contribution in [0.3, 0.4) is 0 Å². The van der Waals surface area contributed by atoms with Crippen LogP contribution in [0.5, 0.6) is 11.5 Å². The van der Waals surface area contributed by atoms with Gasteiger partial charge < -0.3 is 15.2 Å². The molecule has 0 radical (unpaired) electrons. The third-order valence-corrected chi connectivity index (χ3v) is 4.68. The van der Waals surface area contributed by atoms with Gasteiger partial charge in [0.25, 0.3) is 17.7 Å². The van der Waals surface area contributed by atoms with Crippen LogP contribution in [0.1, 0.15) is 27.1 Å². The van der Waals surface area contributed by atoms with E-state index in [2.05, 4.69) is 16.2 Å². The highest BCUT2D eigenvalue weighted by Gasteiger charge is 2.23. The van der Waals surface area contributed by atoms with Crippen LogP contribution in [0.2, 0.25) is 0 Å². The van der Waals surface area contributed by atoms with E-state index in [1.165, 1.54) is 31.0 Å². The lowest BCUT2D eigenvalue weighted by Crippen LogP contribution is -2.52. The van der Waals surface area contributed by atoms with Crippen molar-refractivity contribution in [2.45, 2.75) is 12.5 Å². The number of amides is 3. The molecule has 4 N–H and O–H groups in total. The zero-order valence-corrected chi connectivity index (χ0v) is 16.9. The van der Waals surface area contributed by atoms with Crippen molar-refractivity contribution in [1.29, 1.82) is 0 Å². The van der Waals surface area contributed by atoms with Crippen LogP contribution in [0.25, 0.3) is 0 Å². The Morgan fingerprint density at radius 1 is 1.00 bits per heavy atom. The topological polar surface area (TPSA) is 117 Å². The number of aromatic hydroxyl groups is 1. The molecular formula is C20H23N3O5S. The average molecular weight is 417 g/mol. The van der Waals surface area contributed by atoms with E-state index in [4.69, 9.17) is 4.74 Å². The van der Waals surface area contributed by atoms with Gasteiger partial charge in [0.1, 0.15) is 17.5 Å². The van der Waals surface area contributed by atoms with E-state index < -0.39 is 23.8 Å². The predicted molar refractivity (Wildman–Crippen MR) is 111 cm³/mol. The maximum atomic E-state index is 12.6. The summed E-state index contributed by atoms with van der Waals surface area (Å²) < 4.78 is 5.18. The van der Waals surface area contributed by atoms with Crippen molar-refractivity contribution in [3.63, 3.8) is 0 Å². The van der Waals surface area contributed by atoms with Gasteiger partial charge in [0.2, 0.25) is 0 Å². The van der Waals surface area contributed by atoms with Crippen LogP contribution in [0.4, 0.5) is 0 Å². The van der Waals surface area contributed by atoms with E-state index >= 15 is 0 Å². The first-order valence-corrected chi connectivity index (χ1v) is 10.2. The number of phenolic OH excluding ortho intramolecular Hbond substituents is 1. The lowest BCUT2D eigenvalue weighted by Gasteiger charge is -2.19. The third-order valence-electron chi connectivity index (χ3n) is 4.03. The van der Waals surface area contributed by atoms with Crippen LogP contribution < -0.4 is 20.9 Å². The second-order valence-electron chi connectivity index (χ2n) is 5.97. The standard InChI is InChI=1S/C20H23N3O5S/c1-28-17-10-6-4-8-14(17)18(25)21-15(11-12-29-2)20(27)23-22-19(26)13-7-3-5-9-16(13)24/h3-10,15,24H,11-12H2,1-2H3,(H,21,25)(H,22,26)(H,23,27)/t15-/m1/s1. The highest BCUT2D eigenvalue weighted by Crippen LogP contribution is 2.17. The van der Waals surface area contributed by atoms with Crippen LogP contribution in [0.15, 0.2) is 48.5 Å². The number of carbonyl (C=O) groups excluding carboxylic acids is 3. The summed E-state index contributed by atoms with van der Waals surface area (Å²) >= 11 is 1.52. The molecule has 0 unspecified atom stereocenters. The number of hydrogen-bond donors (Lipinski definition) is 4. The maximum absolute atomic E-state index is 12.6. The van der Waals surface area contributed by atoms with Gasteiger partial charge in [-0.2, -0.15) is 11.8 Å². The predicted octanol–water partition coefficient (Wildman–Crippen LogP) is 1.71. The molecule has 0 aromatic heterocycles. The van der Waals surface area contributed by atoms with Gasteiger partial charge >= 0.3 is 0 Å². The Morgan fingerprint density at radius 2 is 1.66 bits per heavy atom. The fraction of sp³-hybridized carbons (Fsp3) is 0.250. The van der Waals surface area contributed by atoms with E-state index in [-0.39, 0.29) is 11.3 Å². The second-order valence-corrected chi connectivity index (χ2v) is 6.95. The number of nitrogens with one attached hydrogen (secondary N) is 3. The first kappa shape index (κ1) is 22.1. The van der Waals surface area contributed by atoms with Crippen molar-refractivity contribution in [3.05, 3.63) is 59.7 Å². The van der Waals surface area contributed by atoms with Gasteiger partial charge in [0, 0.05) is 0 Å². The minimum atomic E-state index is -0.871. The summed E-state index contributed by atoms with van der Waals surface area (Å²) in [6.07, 6.45) is 2.25. The normalized spacial score (nSPS) is 11.2. The fourth-order valence-electron chi connectivity index (χ4n) is 2.51. The summed E-state index contributed by atoms with van der Waals surface area (Å²) in [5, 5.41) is 12.4. The molecule has 9 heteroatoms. The van der Waals surface area contributed by atoms with Crippen molar-refractivity contribution in [2.75, 3.05) is 19.1 Å². The Balaban J connectivity index is 2.04. The number of rotatable bonds is 8. The molecule has 0 bridgehead atoms. The van der Waals surface area contributed by atoms with Crippen LogP contribution in [-0.2, 0) is 4.79 Å². The molecule has 2 aromatic carbocycles. The number of hydrogen-bond acceptors (Lipinski definition) is 6. The Hall–Kier alpha value is -3.20. The molecule has 0 aliphatic carbocycles. The summed E-state index contributed by atoms with van der Waals surface area (Å²) in [6.45, 7) is 0. The Bertz CT molecular complexity index is 875. The molecule has 3 amide bonds. The molecule has 2 aromatic rings. The fourth-order valence-corrected chi connectivity index (χ4v) is 2.98. The van der Waals surface area contributed by atoms with Gasteiger partial charge in [-0.3, -0.25) is 25.2 Å². The van der Waals surface area contributed by atoms with E-state index in [9.17, 15) is 19.5 Å². The smallest absolute Gasteiger partial charge is 0.273 e. The molecule has 29 heavy (non-hydrogen) atoms. The number of phenols is 1. The largest absolute Gasteiger partial charge is 0.507 e. The lowest BCUT2D eigenvalue weighted by molar-refractivity contribution is -0.123. The molecule has 0 heterocycles.